The van der Waals surface area contributed by atoms with Gasteiger partial charge in [0.25, 0.3) is 5.91 Å². The molecular formula is C25H19FN2O6. The quantitative estimate of drug-likeness (QED) is 0.562. The summed E-state index contributed by atoms with van der Waals surface area (Å²) in [6.45, 7) is -0.571. The number of para-hydroxylation sites is 2. The third-order valence-corrected chi connectivity index (χ3v) is 5.80. The molecule has 0 radical (unpaired) electrons. The Bertz CT molecular complexity index is 1250. The van der Waals surface area contributed by atoms with Crippen LogP contribution in [0, 0.1) is 11.7 Å². The van der Waals surface area contributed by atoms with E-state index in [0.717, 1.165) is 4.90 Å². The number of hydroxylamine groups is 1. The number of nitrogens with zero attached hydrogens (tertiary/aromatic N) is 2. The van der Waals surface area contributed by atoms with E-state index in [2.05, 4.69) is 0 Å². The minimum Gasteiger partial charge on any atom is -0.482 e. The second kappa shape index (κ2) is 8.60. The zero-order chi connectivity index (χ0) is 23.8. The molecule has 8 nitrogen and oxygen atoms in total. The normalized spacial score (nSPS) is 21.6. The molecule has 2 fully saturated rings. The number of ether oxygens (including phenoxy) is 1. The summed E-state index contributed by atoms with van der Waals surface area (Å²) >= 11 is 0. The lowest BCUT2D eigenvalue weighted by Gasteiger charge is -2.29. The zero-order valence-corrected chi connectivity index (χ0v) is 17.7. The van der Waals surface area contributed by atoms with Crippen molar-refractivity contribution in [3.63, 3.8) is 0 Å². The van der Waals surface area contributed by atoms with Crippen LogP contribution in [-0.4, -0.2) is 35.6 Å². The molecule has 34 heavy (non-hydrogen) atoms. The molecule has 0 unspecified atom stereocenters. The van der Waals surface area contributed by atoms with Crippen molar-refractivity contribution in [1.29, 1.82) is 0 Å². The lowest BCUT2D eigenvalue weighted by molar-refractivity contribution is -0.139. The molecule has 2 heterocycles. The third-order valence-electron chi connectivity index (χ3n) is 5.80. The lowest BCUT2D eigenvalue weighted by atomic mass is 9.90. The van der Waals surface area contributed by atoms with Crippen molar-refractivity contribution >= 4 is 29.2 Å². The van der Waals surface area contributed by atoms with E-state index in [1.807, 2.05) is 6.07 Å². The van der Waals surface area contributed by atoms with Crippen LogP contribution in [0.2, 0.25) is 0 Å². The number of carboxylic acids is 1. The van der Waals surface area contributed by atoms with Gasteiger partial charge in [0.05, 0.1) is 17.4 Å². The number of halogens is 1. The smallest absolute Gasteiger partial charge is 0.341 e. The number of benzene rings is 3. The molecule has 3 aromatic rings. The standard InChI is InChI=1S/C25H19FN2O6/c26-15-10-12-16(13-11-15)27-24(31)21-22(18-8-4-5-9-19(18)33-14-20(29)30)28(34-23(21)25(27)32)17-6-2-1-3-7-17/h1-13,21-23H,14H2,(H,29,30)/t21-,22-,23-/m1/s1. The van der Waals surface area contributed by atoms with E-state index in [1.165, 1.54) is 29.3 Å². The van der Waals surface area contributed by atoms with Crippen molar-refractivity contribution in [2.45, 2.75) is 12.1 Å². The van der Waals surface area contributed by atoms with Gasteiger partial charge >= 0.3 is 5.97 Å². The molecule has 3 aromatic carbocycles. The van der Waals surface area contributed by atoms with E-state index in [-0.39, 0.29) is 11.4 Å². The summed E-state index contributed by atoms with van der Waals surface area (Å²) in [6, 6.07) is 20.0. The molecule has 3 atom stereocenters. The van der Waals surface area contributed by atoms with E-state index >= 15 is 0 Å². The number of anilines is 2. The minimum atomic E-state index is -1.15. The van der Waals surface area contributed by atoms with Gasteiger partial charge in [0.15, 0.2) is 12.7 Å². The van der Waals surface area contributed by atoms with E-state index in [1.54, 1.807) is 48.5 Å². The topological polar surface area (TPSA) is 96.4 Å². The van der Waals surface area contributed by atoms with Crippen LogP contribution in [-0.2, 0) is 19.2 Å². The molecule has 0 bridgehead atoms. The summed E-state index contributed by atoms with van der Waals surface area (Å²) in [5.41, 5.74) is 1.36. The van der Waals surface area contributed by atoms with Crippen LogP contribution in [0.15, 0.2) is 78.9 Å². The molecule has 172 valence electrons. The molecule has 1 N–H and O–H groups in total. The van der Waals surface area contributed by atoms with Crippen molar-refractivity contribution in [1.82, 2.24) is 0 Å². The van der Waals surface area contributed by atoms with Crippen LogP contribution in [0.4, 0.5) is 15.8 Å². The highest BCUT2D eigenvalue weighted by Crippen LogP contribution is 2.49. The van der Waals surface area contributed by atoms with Gasteiger partial charge in [0.2, 0.25) is 5.91 Å². The van der Waals surface area contributed by atoms with Gasteiger partial charge in [-0.2, -0.15) is 0 Å². The molecule has 2 saturated heterocycles. The number of hydrogen-bond donors (Lipinski definition) is 1. The Hall–Kier alpha value is -4.24. The number of carbonyl (C=O) groups is 3. The Labute approximate surface area is 193 Å². The first kappa shape index (κ1) is 21.6. The summed E-state index contributed by atoms with van der Waals surface area (Å²) in [5, 5.41) is 10.6. The Morgan fingerprint density at radius 3 is 2.29 bits per heavy atom. The highest BCUT2D eigenvalue weighted by Gasteiger charge is 2.60. The molecule has 0 aliphatic carbocycles. The predicted molar refractivity (Wildman–Crippen MR) is 118 cm³/mol. The Kier molecular flexibility index (Phi) is 5.46. The summed E-state index contributed by atoms with van der Waals surface area (Å²) < 4.78 is 18.9. The average molecular weight is 462 g/mol. The molecule has 0 saturated carbocycles. The summed E-state index contributed by atoms with van der Waals surface area (Å²) in [4.78, 5) is 45.0. The highest BCUT2D eigenvalue weighted by atomic mass is 19.1. The van der Waals surface area contributed by atoms with E-state index in [9.17, 15) is 18.8 Å². The van der Waals surface area contributed by atoms with Crippen LogP contribution < -0.4 is 14.7 Å². The van der Waals surface area contributed by atoms with Gasteiger partial charge in [-0.1, -0.05) is 36.4 Å². The fourth-order valence-corrected chi connectivity index (χ4v) is 4.37. The van der Waals surface area contributed by atoms with E-state index < -0.39 is 48.3 Å². The van der Waals surface area contributed by atoms with Crippen LogP contribution in [0.5, 0.6) is 5.75 Å². The molecule has 5 rings (SSSR count). The number of carboxylic acid groups (broad SMARTS) is 1. The number of fused-ring (bicyclic) bond motifs is 1. The van der Waals surface area contributed by atoms with E-state index in [4.69, 9.17) is 14.7 Å². The summed E-state index contributed by atoms with van der Waals surface area (Å²) in [6.07, 6.45) is -1.12. The van der Waals surface area contributed by atoms with Crippen molar-refractivity contribution in [3.05, 3.63) is 90.2 Å². The van der Waals surface area contributed by atoms with Crippen molar-refractivity contribution < 1.29 is 33.5 Å². The van der Waals surface area contributed by atoms with Gasteiger partial charge in [0.1, 0.15) is 17.5 Å². The van der Waals surface area contributed by atoms with Crippen molar-refractivity contribution in [2.75, 3.05) is 16.6 Å². The molecule has 0 aromatic heterocycles. The van der Waals surface area contributed by atoms with Gasteiger partial charge in [-0.05, 0) is 42.5 Å². The number of imide groups is 1. The molecule has 0 spiro atoms. The number of hydrogen-bond acceptors (Lipinski definition) is 6. The van der Waals surface area contributed by atoms with Gasteiger partial charge in [-0.3, -0.25) is 14.4 Å². The maximum absolute atomic E-state index is 13.6. The average Bonchev–Trinajstić information content (AvgIpc) is 3.35. The second-order valence-electron chi connectivity index (χ2n) is 7.87. The maximum atomic E-state index is 13.6. The number of carbonyl (C=O) groups excluding carboxylic acids is 2. The zero-order valence-electron chi connectivity index (χ0n) is 17.7. The first-order valence-electron chi connectivity index (χ1n) is 10.5. The van der Waals surface area contributed by atoms with Crippen molar-refractivity contribution in [2.24, 2.45) is 5.92 Å². The predicted octanol–water partition coefficient (Wildman–Crippen LogP) is 3.34. The summed E-state index contributed by atoms with van der Waals surface area (Å²) in [5.74, 6) is -3.37. The summed E-state index contributed by atoms with van der Waals surface area (Å²) in [7, 11) is 0. The highest BCUT2D eigenvalue weighted by molar-refractivity contribution is 6.23. The second-order valence-corrected chi connectivity index (χ2v) is 7.87. The van der Waals surface area contributed by atoms with Gasteiger partial charge in [0, 0.05) is 5.56 Å². The monoisotopic (exact) mass is 462 g/mol. The fourth-order valence-electron chi connectivity index (χ4n) is 4.37. The van der Waals surface area contributed by atoms with Crippen LogP contribution in [0.25, 0.3) is 0 Å². The third kappa shape index (κ3) is 3.65. The number of aliphatic carboxylic acids is 1. The molecule has 2 aliphatic rings. The Morgan fingerprint density at radius 1 is 0.912 bits per heavy atom. The molecule has 9 heteroatoms. The van der Waals surface area contributed by atoms with E-state index in [0.29, 0.717) is 11.3 Å². The van der Waals surface area contributed by atoms with Crippen molar-refractivity contribution in [3.8, 4) is 5.75 Å². The first-order chi connectivity index (χ1) is 16.5. The van der Waals surface area contributed by atoms with Crippen LogP contribution in [0.3, 0.4) is 0 Å². The Morgan fingerprint density at radius 2 is 1.59 bits per heavy atom. The maximum Gasteiger partial charge on any atom is 0.341 e. The van der Waals surface area contributed by atoms with Gasteiger partial charge in [-0.15, -0.1) is 0 Å². The SMILES string of the molecule is O=C(O)COc1ccccc1[C@@H]1[C@H]2C(=O)N(c3ccc(F)cc3)C(=O)[C@@H]2ON1c1ccccc1. The number of amides is 2. The minimum absolute atomic E-state index is 0.245. The first-order valence-corrected chi connectivity index (χ1v) is 10.5. The molecule has 2 aliphatic heterocycles. The van der Waals surface area contributed by atoms with Gasteiger partial charge < -0.3 is 9.84 Å². The molecular weight excluding hydrogens is 443 g/mol. The van der Waals surface area contributed by atoms with Crippen LogP contribution in [0.1, 0.15) is 11.6 Å². The lowest BCUT2D eigenvalue weighted by Crippen LogP contribution is -2.37. The largest absolute Gasteiger partial charge is 0.482 e. The fraction of sp³-hybridized carbons (Fsp3) is 0.160. The molecule has 2 amide bonds. The number of rotatable bonds is 6. The van der Waals surface area contributed by atoms with Crippen LogP contribution >= 0.6 is 0 Å². The Balaban J connectivity index is 1.59. The van der Waals surface area contributed by atoms with Gasteiger partial charge in [-0.25, -0.2) is 19.1 Å².